The van der Waals surface area contributed by atoms with E-state index in [1.54, 1.807) is 7.11 Å². The summed E-state index contributed by atoms with van der Waals surface area (Å²) in [5, 5.41) is 2.95. The zero-order chi connectivity index (χ0) is 14.4. The van der Waals surface area contributed by atoms with Crippen molar-refractivity contribution in [2.45, 2.75) is 64.4 Å². The largest absolute Gasteiger partial charge is 0.379 e. The van der Waals surface area contributed by atoms with Crippen molar-refractivity contribution in [2.75, 3.05) is 7.11 Å². The average molecular weight is 334 g/mol. The van der Waals surface area contributed by atoms with Gasteiger partial charge in [-0.25, -0.2) is 0 Å². The van der Waals surface area contributed by atoms with E-state index in [4.69, 9.17) is 9.47 Å². The van der Waals surface area contributed by atoms with Crippen LogP contribution in [0.2, 0.25) is 0 Å². The number of halogens is 1. The summed E-state index contributed by atoms with van der Waals surface area (Å²) in [6.45, 7) is 5.74. The third-order valence-electron chi connectivity index (χ3n) is 3.43. The Balaban J connectivity index is 2.86. The minimum absolute atomic E-state index is 0.0587. The summed E-state index contributed by atoms with van der Waals surface area (Å²) in [5.41, 5.74) is 0. The molecule has 0 saturated heterocycles. The molecule has 0 bridgehead atoms. The zero-order valence-electron chi connectivity index (χ0n) is 12.1. The first-order valence-corrected chi connectivity index (χ1v) is 7.62. The molecule has 0 aromatic carbocycles. The number of rotatable bonds is 6. The molecule has 0 aromatic rings. The minimum Gasteiger partial charge on any atom is -0.379 e. The first-order valence-electron chi connectivity index (χ1n) is 6.83. The number of carbonyl (C=O) groups excluding carboxylic acids is 1. The summed E-state index contributed by atoms with van der Waals surface area (Å²) in [7, 11) is 1.67. The lowest BCUT2D eigenvalue weighted by molar-refractivity contribution is -0.123. The second kappa shape index (κ2) is 8.02. The summed E-state index contributed by atoms with van der Waals surface area (Å²) in [4.78, 5) is 11.4. The number of amides is 1. The molecule has 1 aliphatic rings. The Kier molecular flexibility index (Phi) is 7.04. The van der Waals surface area contributed by atoms with Crippen molar-refractivity contribution in [3.05, 3.63) is 10.6 Å². The molecule has 1 aliphatic carbocycles. The van der Waals surface area contributed by atoms with Gasteiger partial charge in [-0.3, -0.25) is 4.79 Å². The zero-order valence-corrected chi connectivity index (χ0v) is 13.7. The Morgan fingerprint density at radius 2 is 2.16 bits per heavy atom. The third-order valence-corrected chi connectivity index (χ3v) is 4.02. The molecular formula is C14H24BrNO3. The van der Waals surface area contributed by atoms with Crippen molar-refractivity contribution in [1.29, 1.82) is 0 Å². The van der Waals surface area contributed by atoms with Crippen LogP contribution in [0.1, 0.15) is 40.0 Å². The van der Waals surface area contributed by atoms with E-state index >= 15 is 0 Å². The van der Waals surface area contributed by atoms with Gasteiger partial charge in [0.25, 0.3) is 0 Å². The Morgan fingerprint density at radius 3 is 2.63 bits per heavy atom. The molecule has 0 radical (unpaired) electrons. The summed E-state index contributed by atoms with van der Waals surface area (Å²) < 4.78 is 12.7. The summed E-state index contributed by atoms with van der Waals surface area (Å²) in [6.07, 6.45) is 4.70. The standard InChI is InChI=1S/C14H24BrNO3/c1-5-11(6-2)19-13-8-10(15)7-12(18-4)14(13)16-9(3)17/h8,11-14H,5-7H2,1-4H3,(H,16,17)/t12-,13-,14?/m1/s1. The van der Waals surface area contributed by atoms with Crippen molar-refractivity contribution < 1.29 is 14.3 Å². The first-order chi connectivity index (χ1) is 9.01. The quantitative estimate of drug-likeness (QED) is 0.813. The van der Waals surface area contributed by atoms with Crippen LogP contribution in [0, 0.1) is 0 Å². The molecule has 19 heavy (non-hydrogen) atoms. The van der Waals surface area contributed by atoms with Crippen molar-refractivity contribution >= 4 is 21.8 Å². The first kappa shape index (κ1) is 16.7. The fourth-order valence-corrected chi connectivity index (χ4v) is 2.93. The highest BCUT2D eigenvalue weighted by Gasteiger charge is 2.35. The van der Waals surface area contributed by atoms with E-state index in [0.717, 1.165) is 23.7 Å². The van der Waals surface area contributed by atoms with Gasteiger partial charge in [-0.05, 0) is 23.4 Å². The van der Waals surface area contributed by atoms with Gasteiger partial charge in [0.05, 0.1) is 24.4 Å². The maximum atomic E-state index is 11.4. The second-order valence-electron chi connectivity index (χ2n) is 4.86. The van der Waals surface area contributed by atoms with Gasteiger partial charge >= 0.3 is 0 Å². The highest BCUT2D eigenvalue weighted by molar-refractivity contribution is 9.11. The molecule has 1 N–H and O–H groups in total. The second-order valence-corrected chi connectivity index (χ2v) is 5.88. The molecule has 3 atom stereocenters. The molecule has 1 amide bonds. The average Bonchev–Trinajstić information content (AvgIpc) is 2.37. The molecule has 0 spiro atoms. The molecule has 1 unspecified atom stereocenters. The molecule has 0 fully saturated rings. The topological polar surface area (TPSA) is 47.6 Å². The van der Waals surface area contributed by atoms with E-state index in [-0.39, 0.29) is 30.3 Å². The lowest BCUT2D eigenvalue weighted by Crippen LogP contribution is -2.53. The predicted molar refractivity (Wildman–Crippen MR) is 79.3 cm³/mol. The summed E-state index contributed by atoms with van der Waals surface area (Å²) >= 11 is 3.53. The van der Waals surface area contributed by atoms with Gasteiger partial charge in [0.2, 0.25) is 5.91 Å². The van der Waals surface area contributed by atoms with Gasteiger partial charge < -0.3 is 14.8 Å². The normalized spacial score (nSPS) is 27.3. The van der Waals surface area contributed by atoms with Crippen LogP contribution in [0.4, 0.5) is 0 Å². The van der Waals surface area contributed by atoms with Gasteiger partial charge in [0.1, 0.15) is 0 Å². The lowest BCUT2D eigenvalue weighted by Gasteiger charge is -2.37. The molecule has 5 heteroatoms. The fraction of sp³-hybridized carbons (Fsp3) is 0.786. The number of ether oxygens (including phenoxy) is 2. The van der Waals surface area contributed by atoms with Crippen molar-refractivity contribution in [1.82, 2.24) is 5.32 Å². The molecule has 0 saturated carbocycles. The number of carbonyl (C=O) groups is 1. The van der Waals surface area contributed by atoms with Crippen LogP contribution in [0.15, 0.2) is 10.6 Å². The van der Waals surface area contributed by atoms with Crippen molar-refractivity contribution in [3.8, 4) is 0 Å². The monoisotopic (exact) mass is 333 g/mol. The van der Waals surface area contributed by atoms with E-state index in [9.17, 15) is 4.79 Å². The van der Waals surface area contributed by atoms with Crippen LogP contribution < -0.4 is 5.32 Å². The van der Waals surface area contributed by atoms with Crippen LogP contribution in [-0.2, 0) is 14.3 Å². The highest BCUT2D eigenvalue weighted by Crippen LogP contribution is 2.28. The van der Waals surface area contributed by atoms with Crippen LogP contribution in [-0.4, -0.2) is 37.4 Å². The Bertz CT molecular complexity index is 329. The fourth-order valence-electron chi connectivity index (χ4n) is 2.35. The molecule has 0 aromatic heterocycles. The predicted octanol–water partition coefficient (Wildman–Crippen LogP) is 2.76. The van der Waals surface area contributed by atoms with E-state index in [2.05, 4.69) is 35.1 Å². The van der Waals surface area contributed by atoms with Gasteiger partial charge in [-0.15, -0.1) is 0 Å². The molecule has 0 aliphatic heterocycles. The van der Waals surface area contributed by atoms with Gasteiger partial charge in [0.15, 0.2) is 0 Å². The Labute approximate surface area is 124 Å². The van der Waals surface area contributed by atoms with Crippen LogP contribution in [0.3, 0.4) is 0 Å². The Morgan fingerprint density at radius 1 is 1.53 bits per heavy atom. The SMILES string of the molecule is CCC(CC)O[C@@H]1C=C(Br)C[C@@H](OC)C1NC(C)=O. The number of methoxy groups -OCH3 is 1. The smallest absolute Gasteiger partial charge is 0.217 e. The van der Waals surface area contributed by atoms with E-state index in [0.29, 0.717) is 0 Å². The van der Waals surface area contributed by atoms with Crippen LogP contribution in [0.25, 0.3) is 0 Å². The van der Waals surface area contributed by atoms with Crippen LogP contribution >= 0.6 is 15.9 Å². The molecular weight excluding hydrogens is 310 g/mol. The number of hydrogen-bond donors (Lipinski definition) is 1. The maximum Gasteiger partial charge on any atom is 0.217 e. The van der Waals surface area contributed by atoms with Gasteiger partial charge in [-0.2, -0.15) is 0 Å². The maximum absolute atomic E-state index is 11.4. The summed E-state index contributed by atoms with van der Waals surface area (Å²) in [6, 6.07) is -0.135. The number of nitrogens with one attached hydrogen (secondary N) is 1. The van der Waals surface area contributed by atoms with Crippen molar-refractivity contribution in [3.63, 3.8) is 0 Å². The summed E-state index contributed by atoms with van der Waals surface area (Å²) in [5.74, 6) is -0.0587. The molecule has 1 rings (SSSR count). The molecule has 4 nitrogen and oxygen atoms in total. The highest BCUT2D eigenvalue weighted by atomic mass is 79.9. The van der Waals surface area contributed by atoms with E-state index < -0.39 is 0 Å². The Hall–Kier alpha value is -0.390. The van der Waals surface area contributed by atoms with E-state index in [1.165, 1.54) is 6.92 Å². The van der Waals surface area contributed by atoms with E-state index in [1.807, 2.05) is 6.08 Å². The van der Waals surface area contributed by atoms with Crippen LogP contribution in [0.5, 0.6) is 0 Å². The number of hydrogen-bond acceptors (Lipinski definition) is 3. The third kappa shape index (κ3) is 4.89. The molecule has 0 heterocycles. The lowest BCUT2D eigenvalue weighted by atomic mass is 9.95. The minimum atomic E-state index is -0.151. The molecule has 110 valence electrons. The van der Waals surface area contributed by atoms with Crippen molar-refractivity contribution in [2.24, 2.45) is 0 Å². The van der Waals surface area contributed by atoms with Gasteiger partial charge in [-0.1, -0.05) is 29.8 Å². The van der Waals surface area contributed by atoms with Gasteiger partial charge in [0, 0.05) is 20.5 Å².